The van der Waals surface area contributed by atoms with Crippen LogP contribution in [0.15, 0.2) is 30.3 Å². The van der Waals surface area contributed by atoms with Crippen molar-refractivity contribution in [2.45, 2.75) is 71.0 Å². The number of carbonyl (C=O) groups excluding carboxylic acids is 3. The molecule has 218 valence electrons. The van der Waals surface area contributed by atoms with E-state index < -0.39 is 6.04 Å². The molecular formula is C29H38Cl3N5O3. The number of piperidine rings is 1. The summed E-state index contributed by atoms with van der Waals surface area (Å²) in [7, 11) is 0. The Kier molecular flexibility index (Phi) is 11.2. The highest BCUT2D eigenvalue weighted by Gasteiger charge is 2.41. The molecule has 5 rings (SSSR count). The maximum Gasteiger partial charge on any atom is 0.251 e. The van der Waals surface area contributed by atoms with Crippen molar-refractivity contribution in [1.29, 1.82) is 0 Å². The zero-order chi connectivity index (χ0) is 26.8. The lowest BCUT2D eigenvalue weighted by Crippen LogP contribution is -2.51. The second kappa shape index (κ2) is 14.0. The molecule has 2 saturated heterocycles. The Morgan fingerprint density at radius 2 is 1.75 bits per heavy atom. The van der Waals surface area contributed by atoms with Gasteiger partial charge in [-0.15, -0.1) is 24.8 Å². The molecule has 2 aromatic rings. The average Bonchev–Trinajstić information content (AvgIpc) is 3.64. The molecule has 2 N–H and O–H groups in total. The molecule has 1 aromatic carbocycles. The first kappa shape index (κ1) is 32.1. The number of hydrogen-bond donors (Lipinski definition) is 2. The predicted octanol–water partition coefficient (Wildman–Crippen LogP) is 4.93. The molecule has 1 saturated carbocycles. The summed E-state index contributed by atoms with van der Waals surface area (Å²) >= 11 is 6.17. The smallest absolute Gasteiger partial charge is 0.251 e. The van der Waals surface area contributed by atoms with Crippen molar-refractivity contribution in [2.75, 3.05) is 25.0 Å². The predicted molar refractivity (Wildman–Crippen MR) is 162 cm³/mol. The van der Waals surface area contributed by atoms with Crippen molar-refractivity contribution in [2.24, 2.45) is 5.92 Å². The van der Waals surface area contributed by atoms with Gasteiger partial charge in [0.05, 0.1) is 0 Å². The molecule has 0 bridgehead atoms. The van der Waals surface area contributed by atoms with Crippen molar-refractivity contribution in [3.05, 3.63) is 57.7 Å². The van der Waals surface area contributed by atoms with Crippen LogP contribution >= 0.6 is 36.4 Å². The Morgan fingerprint density at radius 3 is 2.42 bits per heavy atom. The number of anilines is 1. The van der Waals surface area contributed by atoms with Crippen LogP contribution in [0, 0.1) is 19.8 Å². The molecule has 3 fully saturated rings. The summed E-state index contributed by atoms with van der Waals surface area (Å²) in [6.07, 6.45) is 4.85. The lowest BCUT2D eigenvalue weighted by molar-refractivity contribution is -0.136. The van der Waals surface area contributed by atoms with Crippen molar-refractivity contribution in [1.82, 2.24) is 20.1 Å². The SMILES string of the molecule is Cc1cc(C(=O)NCC2CC2)cc(NC(=O)[C@H]2CCC(=O)N2C2CCN(Cc3ccc(Cl)c(C)c3)CC2)n1.Cl.Cl. The number of nitrogens with one attached hydrogen (secondary N) is 2. The number of rotatable bonds is 8. The Bertz CT molecular complexity index is 1230. The molecule has 1 aromatic heterocycles. The topological polar surface area (TPSA) is 94.6 Å². The lowest BCUT2D eigenvalue weighted by atomic mass is 10.0. The maximum atomic E-state index is 13.3. The van der Waals surface area contributed by atoms with Crippen LogP contribution < -0.4 is 10.6 Å². The van der Waals surface area contributed by atoms with E-state index in [0.29, 0.717) is 42.4 Å². The Balaban J connectivity index is 0.00000220. The zero-order valence-electron chi connectivity index (χ0n) is 23.0. The van der Waals surface area contributed by atoms with Gasteiger partial charge in [0.15, 0.2) is 0 Å². The van der Waals surface area contributed by atoms with Gasteiger partial charge in [0.25, 0.3) is 5.91 Å². The highest BCUT2D eigenvalue weighted by Crippen LogP contribution is 2.29. The first-order valence-corrected chi connectivity index (χ1v) is 14.0. The number of benzene rings is 1. The Morgan fingerprint density at radius 1 is 1.02 bits per heavy atom. The van der Waals surface area contributed by atoms with Crippen LogP contribution in [0.1, 0.15) is 65.7 Å². The minimum Gasteiger partial charge on any atom is -0.352 e. The summed E-state index contributed by atoms with van der Waals surface area (Å²) in [5.41, 5.74) is 3.44. The van der Waals surface area contributed by atoms with Gasteiger partial charge in [-0.2, -0.15) is 0 Å². The van der Waals surface area contributed by atoms with Gasteiger partial charge < -0.3 is 15.5 Å². The Labute approximate surface area is 253 Å². The average molecular weight is 611 g/mol. The van der Waals surface area contributed by atoms with Crippen LogP contribution in [0.25, 0.3) is 0 Å². The summed E-state index contributed by atoms with van der Waals surface area (Å²) in [5, 5.41) is 6.63. The zero-order valence-corrected chi connectivity index (χ0v) is 25.3. The fourth-order valence-corrected chi connectivity index (χ4v) is 5.69. The fourth-order valence-electron chi connectivity index (χ4n) is 5.57. The highest BCUT2D eigenvalue weighted by molar-refractivity contribution is 6.31. The van der Waals surface area contributed by atoms with Gasteiger partial charge in [-0.3, -0.25) is 19.3 Å². The Hall–Kier alpha value is -2.39. The van der Waals surface area contributed by atoms with E-state index in [0.717, 1.165) is 55.9 Å². The molecule has 3 heterocycles. The minimum absolute atomic E-state index is 0. The van der Waals surface area contributed by atoms with Crippen molar-refractivity contribution >= 4 is 60.0 Å². The van der Waals surface area contributed by atoms with E-state index in [1.807, 2.05) is 13.0 Å². The molecule has 0 spiro atoms. The third-order valence-electron chi connectivity index (χ3n) is 7.85. The van der Waals surface area contributed by atoms with Crippen LogP contribution in [-0.4, -0.2) is 64.2 Å². The van der Waals surface area contributed by atoms with E-state index in [4.69, 9.17) is 11.6 Å². The molecule has 1 atom stereocenters. The van der Waals surface area contributed by atoms with Crippen LogP contribution in [0.2, 0.25) is 5.02 Å². The highest BCUT2D eigenvalue weighted by atomic mass is 35.5. The largest absolute Gasteiger partial charge is 0.352 e. The molecule has 0 radical (unpaired) electrons. The van der Waals surface area contributed by atoms with Crippen molar-refractivity contribution < 1.29 is 14.4 Å². The normalized spacial score (nSPS) is 19.5. The van der Waals surface area contributed by atoms with Gasteiger partial charge in [-0.1, -0.05) is 23.7 Å². The third-order valence-corrected chi connectivity index (χ3v) is 8.28. The molecule has 3 amide bonds. The summed E-state index contributed by atoms with van der Waals surface area (Å²) in [6, 6.07) is 8.99. The summed E-state index contributed by atoms with van der Waals surface area (Å²) in [4.78, 5) is 47.4. The van der Waals surface area contributed by atoms with Gasteiger partial charge >= 0.3 is 0 Å². The number of aryl methyl sites for hydroxylation is 2. The van der Waals surface area contributed by atoms with Crippen LogP contribution in [0.5, 0.6) is 0 Å². The van der Waals surface area contributed by atoms with Gasteiger partial charge in [0.1, 0.15) is 11.9 Å². The molecule has 8 nitrogen and oxygen atoms in total. The number of halogens is 3. The number of amides is 3. The quantitative estimate of drug-likeness (QED) is 0.442. The fraction of sp³-hybridized carbons (Fsp3) is 0.517. The second-order valence-corrected chi connectivity index (χ2v) is 11.4. The van der Waals surface area contributed by atoms with Gasteiger partial charge in [-0.05, 0) is 81.2 Å². The first-order valence-electron chi connectivity index (χ1n) is 13.6. The van der Waals surface area contributed by atoms with Gasteiger partial charge in [0, 0.05) is 54.9 Å². The maximum absolute atomic E-state index is 13.3. The summed E-state index contributed by atoms with van der Waals surface area (Å²) in [6.45, 7) is 7.07. The molecule has 40 heavy (non-hydrogen) atoms. The van der Waals surface area contributed by atoms with E-state index in [-0.39, 0.29) is 48.6 Å². The number of carbonyl (C=O) groups is 3. The summed E-state index contributed by atoms with van der Waals surface area (Å²) < 4.78 is 0. The van der Waals surface area contributed by atoms with E-state index in [1.165, 1.54) is 5.56 Å². The molecule has 2 aliphatic heterocycles. The van der Waals surface area contributed by atoms with Crippen LogP contribution in [0.3, 0.4) is 0 Å². The molecule has 1 aliphatic carbocycles. The van der Waals surface area contributed by atoms with Crippen molar-refractivity contribution in [3.63, 3.8) is 0 Å². The molecule has 11 heteroatoms. The molecular weight excluding hydrogens is 573 g/mol. The monoisotopic (exact) mass is 609 g/mol. The second-order valence-electron chi connectivity index (χ2n) is 11.0. The number of aromatic nitrogens is 1. The third kappa shape index (κ3) is 7.87. The number of nitrogens with zero attached hydrogens (tertiary/aromatic N) is 3. The standard InChI is InChI=1S/C29H36ClN5O3.2ClH/c1-18-13-21(5-6-24(18)30)17-34-11-9-23(10-12-34)35-25(7-8-27(35)36)29(38)33-26-15-22(14-19(2)32-26)28(37)31-16-20-3-4-20;;/h5-6,13-15,20,23,25H,3-4,7-12,16-17H2,1-2H3,(H,31,37)(H,32,33,38);2*1H/t25-;;/m1../s1. The van der Waals surface area contributed by atoms with Gasteiger partial charge in [0.2, 0.25) is 11.8 Å². The summed E-state index contributed by atoms with van der Waals surface area (Å²) in [5.74, 6) is 0.571. The molecule has 3 aliphatic rings. The van der Waals surface area contributed by atoms with Gasteiger partial charge in [-0.25, -0.2) is 4.98 Å². The number of hydrogen-bond acceptors (Lipinski definition) is 5. The van der Waals surface area contributed by atoms with E-state index >= 15 is 0 Å². The first-order chi connectivity index (χ1) is 18.3. The van der Waals surface area contributed by atoms with E-state index in [1.54, 1.807) is 24.0 Å². The van der Waals surface area contributed by atoms with Crippen LogP contribution in [0.4, 0.5) is 5.82 Å². The van der Waals surface area contributed by atoms with E-state index in [9.17, 15) is 14.4 Å². The number of likely N-dealkylation sites (tertiary alicyclic amines) is 2. The lowest BCUT2D eigenvalue weighted by Gasteiger charge is -2.39. The van der Waals surface area contributed by atoms with Crippen molar-refractivity contribution in [3.8, 4) is 0 Å². The van der Waals surface area contributed by atoms with E-state index in [2.05, 4.69) is 32.7 Å². The number of pyridine rings is 1. The molecule has 0 unspecified atom stereocenters. The minimum atomic E-state index is -0.521. The van der Waals surface area contributed by atoms with Crippen LogP contribution in [-0.2, 0) is 16.1 Å².